The summed E-state index contributed by atoms with van der Waals surface area (Å²) < 4.78 is 0. The van der Waals surface area contributed by atoms with Crippen molar-refractivity contribution >= 4 is 17.3 Å². The van der Waals surface area contributed by atoms with Gasteiger partial charge in [-0.15, -0.1) is 0 Å². The summed E-state index contributed by atoms with van der Waals surface area (Å²) in [4.78, 5) is 21.8. The van der Waals surface area contributed by atoms with E-state index in [4.69, 9.17) is 0 Å². The topological polar surface area (TPSA) is 95.3 Å². The first kappa shape index (κ1) is 11.7. The van der Waals surface area contributed by atoms with Crippen molar-refractivity contribution in [2.45, 2.75) is 12.3 Å². The van der Waals surface area contributed by atoms with Crippen molar-refractivity contribution < 1.29 is 14.8 Å². The van der Waals surface area contributed by atoms with Gasteiger partial charge in [-0.25, -0.2) is 0 Å². The molecule has 1 aliphatic heterocycles. The molecule has 0 aromatic heterocycles. The van der Waals surface area contributed by atoms with Gasteiger partial charge in [-0.05, 0) is 18.4 Å². The zero-order valence-corrected chi connectivity index (χ0v) is 9.96. The van der Waals surface area contributed by atoms with Crippen LogP contribution in [0, 0.1) is 16.0 Å². The van der Waals surface area contributed by atoms with Crippen molar-refractivity contribution in [3.8, 4) is 0 Å². The van der Waals surface area contributed by atoms with Crippen molar-refractivity contribution in [1.82, 2.24) is 0 Å². The number of nitrogens with one attached hydrogen (secondary N) is 1. The maximum atomic E-state index is 11.1. The minimum atomic E-state index is -1.32. The molecule has 19 heavy (non-hydrogen) atoms. The third-order valence-electron chi connectivity index (χ3n) is 3.80. The van der Waals surface area contributed by atoms with Crippen LogP contribution < -0.4 is 10.4 Å². The van der Waals surface area contributed by atoms with Gasteiger partial charge in [0.05, 0.1) is 22.1 Å². The van der Waals surface area contributed by atoms with Crippen molar-refractivity contribution in [2.24, 2.45) is 5.92 Å². The Morgan fingerprint density at radius 1 is 1.42 bits per heavy atom. The van der Waals surface area contributed by atoms with E-state index in [1.807, 2.05) is 12.2 Å². The fraction of sp³-hybridized carbons (Fsp3) is 0.308. The van der Waals surface area contributed by atoms with E-state index in [9.17, 15) is 20.0 Å². The van der Waals surface area contributed by atoms with Gasteiger partial charge in [0.2, 0.25) is 0 Å². The first-order chi connectivity index (χ1) is 9.09. The van der Waals surface area contributed by atoms with Crippen LogP contribution >= 0.6 is 0 Å². The molecule has 3 rings (SSSR count). The summed E-state index contributed by atoms with van der Waals surface area (Å²) in [6.45, 7) is 0.617. The molecule has 2 aliphatic rings. The van der Waals surface area contributed by atoms with Gasteiger partial charge in [0.15, 0.2) is 0 Å². The number of carboxylic acids is 1. The number of hydrogen-bond acceptors (Lipinski definition) is 5. The van der Waals surface area contributed by atoms with Gasteiger partial charge in [0.1, 0.15) is 0 Å². The van der Waals surface area contributed by atoms with Crippen LogP contribution in [0.3, 0.4) is 0 Å². The highest BCUT2D eigenvalue weighted by Crippen LogP contribution is 2.46. The number of fused-ring (bicyclic) bond motifs is 3. The molecule has 0 radical (unpaired) electrons. The lowest BCUT2D eigenvalue weighted by Gasteiger charge is -2.30. The average molecular weight is 259 g/mol. The van der Waals surface area contributed by atoms with E-state index in [2.05, 4.69) is 5.32 Å². The van der Waals surface area contributed by atoms with Crippen LogP contribution in [0.4, 0.5) is 11.4 Å². The number of allylic oxidation sites excluding steroid dienone is 2. The Morgan fingerprint density at radius 2 is 2.21 bits per heavy atom. The molecule has 6 heteroatoms. The highest BCUT2D eigenvalue weighted by molar-refractivity contribution is 5.95. The number of benzene rings is 1. The Balaban J connectivity index is 2.25. The molecule has 0 amide bonds. The minimum absolute atomic E-state index is 0.0145. The first-order valence-electron chi connectivity index (χ1n) is 6.02. The number of rotatable bonds is 2. The summed E-state index contributed by atoms with van der Waals surface area (Å²) in [5, 5.41) is 25.3. The zero-order valence-electron chi connectivity index (χ0n) is 9.96. The van der Waals surface area contributed by atoms with Crippen molar-refractivity contribution in [1.29, 1.82) is 0 Å². The number of carboxylic acid groups (broad SMARTS) is 1. The van der Waals surface area contributed by atoms with E-state index in [-0.39, 0.29) is 23.1 Å². The second-order valence-corrected chi connectivity index (χ2v) is 4.80. The number of carbonyl (C=O) groups excluding carboxylic acids is 1. The third kappa shape index (κ3) is 1.68. The standard InChI is InChI=1S/C13H12N2O4/c16-13(17)9-4-5-10(15(18)19)11-8-3-1-2-7(8)6-14-12(9)11/h1,3-5,7-8,14H,2,6H2,(H,16,17)/p-1/t7-,8-/m1/s1. The zero-order chi connectivity index (χ0) is 13.6. The van der Waals surface area contributed by atoms with E-state index in [0.29, 0.717) is 17.8 Å². The predicted molar refractivity (Wildman–Crippen MR) is 65.9 cm³/mol. The van der Waals surface area contributed by atoms with E-state index in [1.165, 1.54) is 12.1 Å². The molecular weight excluding hydrogens is 248 g/mol. The summed E-state index contributed by atoms with van der Waals surface area (Å²) in [6, 6.07) is 2.48. The smallest absolute Gasteiger partial charge is 0.275 e. The van der Waals surface area contributed by atoms with Crippen LogP contribution in [-0.4, -0.2) is 17.4 Å². The fourth-order valence-electron chi connectivity index (χ4n) is 2.94. The minimum Gasteiger partial charge on any atom is -0.545 e. The maximum Gasteiger partial charge on any atom is 0.275 e. The molecule has 2 atom stereocenters. The predicted octanol–water partition coefficient (Wildman–Crippen LogP) is 1.04. The second-order valence-electron chi connectivity index (χ2n) is 4.80. The maximum absolute atomic E-state index is 11.1. The summed E-state index contributed by atoms with van der Waals surface area (Å²) in [6.07, 6.45) is 4.77. The van der Waals surface area contributed by atoms with Crippen molar-refractivity contribution in [3.05, 3.63) is 45.5 Å². The molecule has 1 N–H and O–H groups in total. The summed E-state index contributed by atoms with van der Waals surface area (Å²) in [5.41, 5.74) is 0.756. The van der Waals surface area contributed by atoms with Gasteiger partial charge in [-0.3, -0.25) is 10.1 Å². The van der Waals surface area contributed by atoms with Crippen molar-refractivity contribution in [3.63, 3.8) is 0 Å². The van der Waals surface area contributed by atoms with Crippen LogP contribution in [0.1, 0.15) is 28.3 Å². The van der Waals surface area contributed by atoms with Crippen LogP contribution in [0.5, 0.6) is 0 Å². The van der Waals surface area contributed by atoms with Crippen LogP contribution in [0.2, 0.25) is 0 Å². The number of aromatic carboxylic acids is 1. The van der Waals surface area contributed by atoms with E-state index < -0.39 is 10.9 Å². The van der Waals surface area contributed by atoms with E-state index >= 15 is 0 Å². The normalized spacial score (nSPS) is 23.4. The van der Waals surface area contributed by atoms with Gasteiger partial charge < -0.3 is 15.2 Å². The van der Waals surface area contributed by atoms with Crippen LogP contribution in [0.25, 0.3) is 0 Å². The number of nitro groups is 1. The van der Waals surface area contributed by atoms with E-state index in [1.54, 1.807) is 0 Å². The lowest BCUT2D eigenvalue weighted by molar-refractivity contribution is -0.385. The average Bonchev–Trinajstić information content (AvgIpc) is 2.85. The Bertz CT molecular complexity index is 609. The molecule has 0 unspecified atom stereocenters. The van der Waals surface area contributed by atoms with E-state index in [0.717, 1.165) is 6.42 Å². The Morgan fingerprint density at radius 3 is 2.89 bits per heavy atom. The Kier molecular flexibility index (Phi) is 2.51. The summed E-state index contributed by atoms with van der Waals surface area (Å²) >= 11 is 0. The highest BCUT2D eigenvalue weighted by Gasteiger charge is 2.36. The second kappa shape index (κ2) is 4.08. The first-order valence-corrected chi connectivity index (χ1v) is 6.02. The number of anilines is 1. The summed E-state index contributed by atoms with van der Waals surface area (Å²) in [5.74, 6) is -1.15. The molecule has 0 fully saturated rings. The van der Waals surface area contributed by atoms with Crippen LogP contribution in [0.15, 0.2) is 24.3 Å². The van der Waals surface area contributed by atoms with Gasteiger partial charge in [0, 0.05) is 24.1 Å². The molecule has 6 nitrogen and oxygen atoms in total. The van der Waals surface area contributed by atoms with Gasteiger partial charge in [-0.2, -0.15) is 0 Å². The summed E-state index contributed by atoms with van der Waals surface area (Å²) in [7, 11) is 0. The SMILES string of the molecule is O=C([O-])c1ccc([N+](=O)[O-])c2c1NC[C@H]1CC=C[C@@H]21. The van der Waals surface area contributed by atoms with Crippen molar-refractivity contribution in [2.75, 3.05) is 11.9 Å². The molecule has 1 aliphatic carbocycles. The van der Waals surface area contributed by atoms with Gasteiger partial charge >= 0.3 is 0 Å². The number of nitrogens with zero attached hydrogens (tertiary/aromatic N) is 1. The molecular formula is C13H11N2O4-. The Labute approximate surface area is 108 Å². The molecule has 0 saturated heterocycles. The fourth-order valence-corrected chi connectivity index (χ4v) is 2.94. The third-order valence-corrected chi connectivity index (χ3v) is 3.80. The molecule has 1 aromatic carbocycles. The number of carbonyl (C=O) groups is 1. The molecule has 98 valence electrons. The number of nitro benzene ring substituents is 1. The lowest BCUT2D eigenvalue weighted by atomic mass is 9.82. The molecule has 0 spiro atoms. The van der Waals surface area contributed by atoms with Gasteiger partial charge in [-0.1, -0.05) is 12.2 Å². The molecule has 1 heterocycles. The molecule has 0 saturated carbocycles. The highest BCUT2D eigenvalue weighted by atomic mass is 16.6. The molecule has 1 aromatic rings. The number of hydrogen-bond donors (Lipinski definition) is 1. The largest absolute Gasteiger partial charge is 0.545 e. The quantitative estimate of drug-likeness (QED) is 0.486. The Hall–Kier alpha value is -2.37. The van der Waals surface area contributed by atoms with Crippen LogP contribution in [-0.2, 0) is 0 Å². The molecule has 0 bridgehead atoms. The lowest BCUT2D eigenvalue weighted by Crippen LogP contribution is -2.30. The monoisotopic (exact) mass is 259 g/mol. The van der Waals surface area contributed by atoms with Gasteiger partial charge in [0.25, 0.3) is 5.69 Å².